The highest BCUT2D eigenvalue weighted by Crippen LogP contribution is 2.18. The van der Waals surface area contributed by atoms with Gasteiger partial charge in [-0.15, -0.1) is 0 Å². The van der Waals surface area contributed by atoms with E-state index in [0.29, 0.717) is 6.54 Å². The lowest BCUT2D eigenvalue weighted by atomic mass is 10.00. The molecule has 0 spiro atoms. The first-order chi connectivity index (χ1) is 12.3. The number of nitrogens with zero attached hydrogens (tertiary/aromatic N) is 1. The first-order valence-corrected chi connectivity index (χ1v) is 8.64. The van der Waals surface area contributed by atoms with Gasteiger partial charge in [0.25, 0.3) is 0 Å². The van der Waals surface area contributed by atoms with Gasteiger partial charge in [-0.1, -0.05) is 17.7 Å². The van der Waals surface area contributed by atoms with Crippen molar-refractivity contribution in [1.29, 1.82) is 0 Å². The lowest BCUT2D eigenvalue weighted by Gasteiger charge is -2.16. The zero-order chi connectivity index (χ0) is 19.3. The summed E-state index contributed by atoms with van der Waals surface area (Å²) in [5.74, 6) is -0.478. The van der Waals surface area contributed by atoms with E-state index >= 15 is 0 Å². The van der Waals surface area contributed by atoms with E-state index in [1.165, 1.54) is 29.4 Å². The molecule has 1 aromatic heterocycles. The van der Waals surface area contributed by atoms with Crippen LogP contribution in [0.3, 0.4) is 0 Å². The first kappa shape index (κ1) is 19.6. The lowest BCUT2D eigenvalue weighted by molar-refractivity contribution is -0.142. The normalized spacial score (nSPS) is 11.7. The molecule has 0 radical (unpaired) electrons. The number of aryl methyl sites for hydroxylation is 3. The molecule has 0 unspecified atom stereocenters. The van der Waals surface area contributed by atoms with Crippen LogP contribution in [-0.4, -0.2) is 29.7 Å². The van der Waals surface area contributed by atoms with E-state index in [9.17, 15) is 9.59 Å². The fourth-order valence-corrected chi connectivity index (χ4v) is 3.05. The van der Waals surface area contributed by atoms with Gasteiger partial charge in [-0.05, 0) is 56.5 Å². The van der Waals surface area contributed by atoms with Gasteiger partial charge in [-0.25, -0.2) is 9.59 Å². The van der Waals surface area contributed by atoms with Crippen LogP contribution in [0.15, 0.2) is 30.5 Å². The molecule has 2 N–H and O–H groups in total. The molecule has 2 aromatic rings. The number of nitrogens with one attached hydrogen (secondary N) is 2. The fourth-order valence-electron chi connectivity index (χ4n) is 3.05. The highest BCUT2D eigenvalue weighted by Gasteiger charge is 2.15. The van der Waals surface area contributed by atoms with E-state index in [1.807, 2.05) is 18.3 Å². The molecule has 0 bridgehead atoms. The number of urea groups is 1. The Morgan fingerprint density at radius 3 is 2.46 bits per heavy atom. The van der Waals surface area contributed by atoms with Gasteiger partial charge in [-0.2, -0.15) is 0 Å². The summed E-state index contributed by atoms with van der Waals surface area (Å²) < 4.78 is 6.71. The Hall–Kier alpha value is -2.76. The number of esters is 1. The van der Waals surface area contributed by atoms with Gasteiger partial charge in [0.15, 0.2) is 0 Å². The highest BCUT2D eigenvalue weighted by molar-refractivity contribution is 5.83. The van der Waals surface area contributed by atoms with Crippen molar-refractivity contribution in [2.24, 2.45) is 0 Å². The summed E-state index contributed by atoms with van der Waals surface area (Å²) >= 11 is 0. The zero-order valence-corrected chi connectivity index (χ0v) is 16.1. The second-order valence-electron chi connectivity index (χ2n) is 6.58. The van der Waals surface area contributed by atoms with Gasteiger partial charge in [0.2, 0.25) is 0 Å². The summed E-state index contributed by atoms with van der Waals surface area (Å²) in [7, 11) is 1.29. The Balaban J connectivity index is 2.01. The van der Waals surface area contributed by atoms with Crippen LogP contribution in [0.1, 0.15) is 34.9 Å². The molecule has 0 aliphatic carbocycles. The van der Waals surface area contributed by atoms with E-state index in [4.69, 9.17) is 0 Å². The summed E-state index contributed by atoms with van der Waals surface area (Å²) in [4.78, 5) is 23.3. The quantitative estimate of drug-likeness (QED) is 0.781. The first-order valence-electron chi connectivity index (χ1n) is 8.64. The van der Waals surface area contributed by atoms with Crippen molar-refractivity contribution in [1.82, 2.24) is 15.2 Å². The predicted octanol–water partition coefficient (Wildman–Crippen LogP) is 2.82. The van der Waals surface area contributed by atoms with Gasteiger partial charge in [-0.3, -0.25) is 0 Å². The second-order valence-corrected chi connectivity index (χ2v) is 6.58. The highest BCUT2D eigenvalue weighted by atomic mass is 16.5. The van der Waals surface area contributed by atoms with Crippen LogP contribution in [0.25, 0.3) is 0 Å². The third kappa shape index (κ3) is 4.88. The molecule has 6 heteroatoms. The van der Waals surface area contributed by atoms with Gasteiger partial charge in [0.1, 0.15) is 6.04 Å². The van der Waals surface area contributed by atoms with Crippen LogP contribution >= 0.6 is 0 Å². The molecule has 1 aromatic carbocycles. The lowest BCUT2D eigenvalue weighted by Crippen LogP contribution is -2.44. The minimum atomic E-state index is -0.690. The van der Waals surface area contributed by atoms with Crippen LogP contribution < -0.4 is 10.6 Å². The molecule has 0 saturated heterocycles. The minimum absolute atomic E-state index is 0.372. The van der Waals surface area contributed by atoms with Crippen molar-refractivity contribution in [3.05, 3.63) is 58.4 Å². The monoisotopic (exact) mass is 357 g/mol. The minimum Gasteiger partial charge on any atom is -0.467 e. The van der Waals surface area contributed by atoms with Crippen molar-refractivity contribution in [2.45, 2.75) is 46.8 Å². The third-order valence-electron chi connectivity index (χ3n) is 4.42. The molecule has 1 heterocycles. The predicted molar refractivity (Wildman–Crippen MR) is 101 cm³/mol. The van der Waals surface area contributed by atoms with E-state index in [-0.39, 0.29) is 0 Å². The summed E-state index contributed by atoms with van der Waals surface area (Å²) in [6.07, 6.45) is 2.00. The molecule has 0 aliphatic heterocycles. The Morgan fingerprint density at radius 1 is 1.19 bits per heavy atom. The Bertz CT molecular complexity index is 772. The van der Waals surface area contributed by atoms with Crippen molar-refractivity contribution < 1.29 is 14.3 Å². The van der Waals surface area contributed by atoms with Gasteiger partial charge < -0.3 is 19.9 Å². The number of ether oxygens (including phenoxy) is 1. The number of methoxy groups -OCH3 is 1. The maximum atomic E-state index is 11.9. The molecular formula is C20H27N3O3. The average Bonchev–Trinajstić information content (AvgIpc) is 3.02. The Kier molecular flexibility index (Phi) is 6.44. The van der Waals surface area contributed by atoms with Crippen molar-refractivity contribution in [3.8, 4) is 0 Å². The van der Waals surface area contributed by atoms with Crippen molar-refractivity contribution in [3.63, 3.8) is 0 Å². The van der Waals surface area contributed by atoms with E-state index < -0.39 is 18.0 Å². The van der Waals surface area contributed by atoms with E-state index in [1.54, 1.807) is 6.92 Å². The van der Waals surface area contributed by atoms with Gasteiger partial charge >= 0.3 is 12.0 Å². The number of aromatic nitrogens is 1. The molecule has 2 amide bonds. The molecule has 2 rings (SSSR count). The number of hydrogen-bond acceptors (Lipinski definition) is 3. The molecule has 0 fully saturated rings. The number of carbonyl (C=O) groups is 2. The van der Waals surface area contributed by atoms with Crippen molar-refractivity contribution >= 4 is 12.0 Å². The molecule has 6 nitrogen and oxygen atoms in total. The average molecular weight is 357 g/mol. The van der Waals surface area contributed by atoms with Crippen LogP contribution in [0, 0.1) is 20.8 Å². The summed E-state index contributed by atoms with van der Waals surface area (Å²) in [6.45, 7) is 9.05. The van der Waals surface area contributed by atoms with Crippen molar-refractivity contribution in [2.75, 3.05) is 7.11 Å². The maximum Gasteiger partial charge on any atom is 0.328 e. The largest absolute Gasteiger partial charge is 0.467 e. The van der Waals surface area contributed by atoms with Crippen LogP contribution in [-0.2, 0) is 22.6 Å². The van der Waals surface area contributed by atoms with Crippen LogP contribution in [0.4, 0.5) is 4.79 Å². The number of hydrogen-bond donors (Lipinski definition) is 2. The topological polar surface area (TPSA) is 72.4 Å². The van der Waals surface area contributed by atoms with Gasteiger partial charge in [0, 0.05) is 18.4 Å². The second kappa shape index (κ2) is 8.56. The number of rotatable bonds is 6. The fraction of sp³-hybridized carbons (Fsp3) is 0.400. The Labute approximate surface area is 154 Å². The number of amides is 2. The van der Waals surface area contributed by atoms with Crippen LogP contribution in [0.2, 0.25) is 0 Å². The zero-order valence-electron chi connectivity index (χ0n) is 16.1. The summed E-state index contributed by atoms with van der Waals surface area (Å²) in [6, 6.07) is 7.22. The maximum absolute atomic E-state index is 11.9. The van der Waals surface area contributed by atoms with Crippen LogP contribution in [0.5, 0.6) is 0 Å². The Morgan fingerprint density at radius 2 is 1.85 bits per heavy atom. The van der Waals surface area contributed by atoms with E-state index in [2.05, 4.69) is 52.8 Å². The van der Waals surface area contributed by atoms with Gasteiger partial charge in [0.05, 0.1) is 13.7 Å². The summed E-state index contributed by atoms with van der Waals surface area (Å²) in [5.41, 5.74) is 6.07. The molecular weight excluding hydrogens is 330 g/mol. The third-order valence-corrected chi connectivity index (χ3v) is 4.42. The molecule has 0 saturated carbocycles. The molecule has 140 valence electrons. The standard InChI is InChI=1S/C20H27N3O3/c1-13-9-14(2)18(15(3)10-13)12-23-8-6-7-17(23)11-21-20(25)22-16(4)19(24)26-5/h6-10,16H,11-12H2,1-5H3,(H2,21,22,25)/t16-/m1/s1. The van der Waals surface area contributed by atoms with E-state index in [0.717, 1.165) is 12.2 Å². The summed E-state index contributed by atoms with van der Waals surface area (Å²) in [5, 5.41) is 5.33. The SMILES string of the molecule is COC(=O)[C@@H](C)NC(=O)NCc1cccn1Cc1c(C)cc(C)cc1C. The smallest absolute Gasteiger partial charge is 0.328 e. The molecule has 0 aliphatic rings. The molecule has 1 atom stereocenters. The molecule has 26 heavy (non-hydrogen) atoms. The number of benzene rings is 1. The number of carbonyl (C=O) groups excluding carboxylic acids is 2.